The summed E-state index contributed by atoms with van der Waals surface area (Å²) in [6.07, 6.45) is 0. The number of pyridine rings is 1. The van der Waals surface area contributed by atoms with Gasteiger partial charge in [0.25, 0.3) is 0 Å². The van der Waals surface area contributed by atoms with Gasteiger partial charge in [0, 0.05) is 24.2 Å². The van der Waals surface area contributed by atoms with E-state index in [0.29, 0.717) is 5.52 Å². The quantitative estimate of drug-likeness (QED) is 0.819. The molecule has 1 aromatic heterocycles. The monoisotopic (exact) mass is 287 g/mol. The highest BCUT2D eigenvalue weighted by Crippen LogP contribution is 2.23. The molecule has 0 radical (unpaired) electrons. The third-order valence-corrected chi connectivity index (χ3v) is 3.57. The van der Waals surface area contributed by atoms with Crippen LogP contribution in [0.15, 0.2) is 30.3 Å². The second-order valence-corrected chi connectivity index (χ2v) is 4.83. The van der Waals surface area contributed by atoms with Crippen molar-refractivity contribution in [1.82, 2.24) is 9.88 Å². The average Bonchev–Trinajstić information content (AvgIpc) is 2.51. The van der Waals surface area contributed by atoms with Gasteiger partial charge in [-0.2, -0.15) is 0 Å². The van der Waals surface area contributed by atoms with Gasteiger partial charge in [-0.3, -0.25) is 0 Å². The summed E-state index contributed by atoms with van der Waals surface area (Å²) in [7, 11) is 0. The molecule has 0 bridgehead atoms. The number of likely N-dealkylation sites (N-methyl/N-ethyl adjacent to an activating group) is 1. The molecule has 5 heteroatoms. The number of carboxylic acid groups (broad SMARTS) is 1. The zero-order valence-corrected chi connectivity index (χ0v) is 12.5. The number of anilines is 1. The molecule has 2 rings (SSSR count). The summed E-state index contributed by atoms with van der Waals surface area (Å²) in [5.41, 5.74) is 1.59. The van der Waals surface area contributed by atoms with Crippen LogP contribution in [0.5, 0.6) is 0 Å². The first-order valence-corrected chi connectivity index (χ1v) is 7.25. The number of carbonyl (C=O) groups is 1. The molecule has 2 N–H and O–H groups in total. The van der Waals surface area contributed by atoms with Crippen LogP contribution >= 0.6 is 0 Å². The fourth-order valence-corrected chi connectivity index (χ4v) is 2.32. The van der Waals surface area contributed by atoms with Crippen molar-refractivity contribution in [2.45, 2.75) is 13.8 Å². The molecular formula is C16H21N3O2. The molecule has 21 heavy (non-hydrogen) atoms. The molecule has 0 spiro atoms. The average molecular weight is 287 g/mol. The Morgan fingerprint density at radius 2 is 2.00 bits per heavy atom. The van der Waals surface area contributed by atoms with Gasteiger partial charge >= 0.3 is 5.97 Å². The minimum Gasteiger partial charge on any atom is -0.477 e. The second kappa shape index (κ2) is 7.04. The predicted molar refractivity (Wildman–Crippen MR) is 85.0 cm³/mol. The van der Waals surface area contributed by atoms with Crippen LogP contribution < -0.4 is 5.32 Å². The minimum atomic E-state index is -1.01. The zero-order chi connectivity index (χ0) is 15.2. The highest BCUT2D eigenvalue weighted by Gasteiger charge is 2.10. The van der Waals surface area contributed by atoms with Crippen LogP contribution in [-0.4, -0.2) is 47.1 Å². The molecule has 0 saturated carbocycles. The van der Waals surface area contributed by atoms with E-state index >= 15 is 0 Å². The number of rotatable bonds is 7. The smallest absolute Gasteiger partial charge is 0.354 e. The summed E-state index contributed by atoms with van der Waals surface area (Å²) < 4.78 is 0. The van der Waals surface area contributed by atoms with Crippen LogP contribution in [-0.2, 0) is 0 Å². The van der Waals surface area contributed by atoms with E-state index in [-0.39, 0.29) is 5.69 Å². The second-order valence-electron chi connectivity index (χ2n) is 4.83. The van der Waals surface area contributed by atoms with E-state index in [1.54, 1.807) is 6.07 Å². The molecule has 1 heterocycles. The van der Waals surface area contributed by atoms with Crippen molar-refractivity contribution in [3.05, 3.63) is 36.0 Å². The van der Waals surface area contributed by atoms with Gasteiger partial charge in [-0.25, -0.2) is 9.78 Å². The summed E-state index contributed by atoms with van der Waals surface area (Å²) >= 11 is 0. The standard InChI is InChI=1S/C16H21N3O2/c1-3-19(4-2)10-9-17-14-11-15(16(20)21)18-13-8-6-5-7-12(13)14/h5-8,11H,3-4,9-10H2,1-2H3,(H,17,18)(H,20,21). The van der Waals surface area contributed by atoms with Crippen LogP contribution in [0.4, 0.5) is 5.69 Å². The Bertz CT molecular complexity index is 624. The summed E-state index contributed by atoms with van der Waals surface area (Å²) in [5, 5.41) is 13.4. The van der Waals surface area contributed by atoms with E-state index in [4.69, 9.17) is 5.11 Å². The molecule has 0 aliphatic carbocycles. The number of nitrogens with zero attached hydrogens (tertiary/aromatic N) is 2. The first kappa shape index (κ1) is 15.3. The van der Waals surface area contributed by atoms with Gasteiger partial charge in [0.1, 0.15) is 0 Å². The number of fused-ring (bicyclic) bond motifs is 1. The lowest BCUT2D eigenvalue weighted by atomic mass is 10.1. The van der Waals surface area contributed by atoms with Crippen molar-refractivity contribution in [3.8, 4) is 0 Å². The molecule has 0 unspecified atom stereocenters. The normalized spacial score (nSPS) is 11.0. The van der Waals surface area contributed by atoms with Gasteiger partial charge in [-0.1, -0.05) is 32.0 Å². The Balaban J connectivity index is 2.23. The molecule has 0 aliphatic heterocycles. The van der Waals surface area contributed by atoms with Crippen molar-refractivity contribution in [1.29, 1.82) is 0 Å². The van der Waals surface area contributed by atoms with Crippen molar-refractivity contribution in [3.63, 3.8) is 0 Å². The van der Waals surface area contributed by atoms with Gasteiger partial charge in [-0.15, -0.1) is 0 Å². The lowest BCUT2D eigenvalue weighted by Crippen LogP contribution is -2.28. The van der Waals surface area contributed by atoms with Gasteiger partial charge in [-0.05, 0) is 25.2 Å². The number of benzene rings is 1. The maximum absolute atomic E-state index is 11.2. The van der Waals surface area contributed by atoms with Crippen molar-refractivity contribution in [2.24, 2.45) is 0 Å². The molecule has 0 fully saturated rings. The lowest BCUT2D eigenvalue weighted by molar-refractivity contribution is 0.0691. The topological polar surface area (TPSA) is 65.5 Å². The Hall–Kier alpha value is -2.14. The first-order valence-electron chi connectivity index (χ1n) is 7.25. The van der Waals surface area contributed by atoms with E-state index in [0.717, 1.165) is 37.3 Å². The SMILES string of the molecule is CCN(CC)CCNc1cc(C(=O)O)nc2ccccc12. The first-order chi connectivity index (χ1) is 10.2. The largest absolute Gasteiger partial charge is 0.477 e. The highest BCUT2D eigenvalue weighted by atomic mass is 16.4. The number of hydrogen-bond acceptors (Lipinski definition) is 4. The van der Waals surface area contributed by atoms with Gasteiger partial charge in [0.2, 0.25) is 0 Å². The van der Waals surface area contributed by atoms with Crippen molar-refractivity contribution < 1.29 is 9.90 Å². The predicted octanol–water partition coefficient (Wildman–Crippen LogP) is 2.69. The number of aromatic nitrogens is 1. The Morgan fingerprint density at radius 3 is 2.67 bits per heavy atom. The zero-order valence-electron chi connectivity index (χ0n) is 12.5. The molecule has 0 amide bonds. The molecule has 1 aromatic carbocycles. The van der Waals surface area contributed by atoms with Gasteiger partial charge in [0.05, 0.1) is 5.52 Å². The van der Waals surface area contributed by atoms with Crippen molar-refractivity contribution >= 4 is 22.6 Å². The molecule has 5 nitrogen and oxygen atoms in total. The summed E-state index contributed by atoms with van der Waals surface area (Å²) in [6.45, 7) is 7.98. The number of nitrogens with one attached hydrogen (secondary N) is 1. The highest BCUT2D eigenvalue weighted by molar-refractivity contribution is 5.97. The number of para-hydroxylation sites is 1. The fraction of sp³-hybridized carbons (Fsp3) is 0.375. The van der Waals surface area contributed by atoms with E-state index in [9.17, 15) is 4.79 Å². The molecular weight excluding hydrogens is 266 g/mol. The number of aromatic carboxylic acids is 1. The van der Waals surface area contributed by atoms with Crippen LogP contribution in [0.2, 0.25) is 0 Å². The molecule has 2 aromatic rings. The van der Waals surface area contributed by atoms with Crippen LogP contribution in [0.3, 0.4) is 0 Å². The van der Waals surface area contributed by atoms with Crippen molar-refractivity contribution in [2.75, 3.05) is 31.5 Å². The molecule has 112 valence electrons. The molecule has 0 atom stereocenters. The Labute approximate surface area is 124 Å². The molecule has 0 aliphatic rings. The van der Waals surface area contributed by atoms with E-state index in [1.165, 1.54) is 0 Å². The summed E-state index contributed by atoms with van der Waals surface area (Å²) in [6, 6.07) is 9.18. The van der Waals surface area contributed by atoms with E-state index in [1.807, 2.05) is 24.3 Å². The van der Waals surface area contributed by atoms with Crippen LogP contribution in [0.1, 0.15) is 24.3 Å². The van der Waals surface area contributed by atoms with Gasteiger partial charge < -0.3 is 15.3 Å². The van der Waals surface area contributed by atoms with E-state index < -0.39 is 5.97 Å². The maximum Gasteiger partial charge on any atom is 0.354 e. The third kappa shape index (κ3) is 3.70. The Morgan fingerprint density at radius 1 is 1.29 bits per heavy atom. The van der Waals surface area contributed by atoms with E-state index in [2.05, 4.69) is 29.0 Å². The maximum atomic E-state index is 11.2. The number of carboxylic acids is 1. The molecule has 0 saturated heterocycles. The Kier molecular flexibility index (Phi) is 5.11. The fourth-order valence-electron chi connectivity index (χ4n) is 2.32. The van der Waals surface area contributed by atoms with Gasteiger partial charge in [0.15, 0.2) is 5.69 Å². The summed E-state index contributed by atoms with van der Waals surface area (Å²) in [4.78, 5) is 17.6. The summed E-state index contributed by atoms with van der Waals surface area (Å²) in [5.74, 6) is -1.01. The third-order valence-electron chi connectivity index (χ3n) is 3.57. The lowest BCUT2D eigenvalue weighted by Gasteiger charge is -2.19. The van der Waals surface area contributed by atoms with Crippen LogP contribution in [0.25, 0.3) is 10.9 Å². The van der Waals surface area contributed by atoms with Crippen LogP contribution in [0, 0.1) is 0 Å². The number of hydrogen-bond donors (Lipinski definition) is 2. The minimum absolute atomic E-state index is 0.0686.